The van der Waals surface area contributed by atoms with Crippen molar-refractivity contribution in [3.8, 4) is 0 Å². The third-order valence-electron chi connectivity index (χ3n) is 3.19. The van der Waals surface area contributed by atoms with Crippen LogP contribution in [0.1, 0.15) is 16.7 Å². The van der Waals surface area contributed by atoms with Crippen molar-refractivity contribution in [2.24, 2.45) is 5.92 Å². The standard InChI is InChI=1S/C16H16ClNO2/c1-11-6-12(10-18-9-11)7-14(16(19)20)8-13-4-2-3-5-15(13)17/h2-6,9-10,14H,7-8H2,1H3,(H,19,20). The van der Waals surface area contributed by atoms with Gasteiger partial charge in [-0.2, -0.15) is 0 Å². The molecule has 1 atom stereocenters. The van der Waals surface area contributed by atoms with Crippen molar-refractivity contribution in [1.29, 1.82) is 0 Å². The minimum Gasteiger partial charge on any atom is -0.481 e. The van der Waals surface area contributed by atoms with E-state index in [1.807, 2.05) is 31.2 Å². The van der Waals surface area contributed by atoms with E-state index in [2.05, 4.69) is 4.98 Å². The number of nitrogens with zero attached hydrogens (tertiary/aromatic N) is 1. The van der Waals surface area contributed by atoms with Crippen LogP contribution in [-0.2, 0) is 17.6 Å². The number of carboxylic acid groups (broad SMARTS) is 1. The summed E-state index contributed by atoms with van der Waals surface area (Å²) in [5.74, 6) is -1.31. The average Bonchev–Trinajstić information content (AvgIpc) is 2.40. The molecule has 0 aliphatic carbocycles. The highest BCUT2D eigenvalue weighted by Crippen LogP contribution is 2.21. The molecule has 0 aliphatic heterocycles. The fraction of sp³-hybridized carbons (Fsp3) is 0.250. The molecular formula is C16H16ClNO2. The van der Waals surface area contributed by atoms with E-state index in [1.54, 1.807) is 18.5 Å². The van der Waals surface area contributed by atoms with Gasteiger partial charge >= 0.3 is 5.97 Å². The van der Waals surface area contributed by atoms with Gasteiger partial charge in [0.2, 0.25) is 0 Å². The lowest BCUT2D eigenvalue weighted by Gasteiger charge is -2.13. The number of hydrogen-bond donors (Lipinski definition) is 1. The second-order valence-electron chi connectivity index (χ2n) is 4.91. The normalized spacial score (nSPS) is 12.1. The zero-order valence-electron chi connectivity index (χ0n) is 11.2. The lowest BCUT2D eigenvalue weighted by Crippen LogP contribution is -2.19. The van der Waals surface area contributed by atoms with Crippen LogP contribution in [0.25, 0.3) is 0 Å². The van der Waals surface area contributed by atoms with Crippen molar-refractivity contribution in [2.45, 2.75) is 19.8 Å². The largest absolute Gasteiger partial charge is 0.481 e. The van der Waals surface area contributed by atoms with E-state index >= 15 is 0 Å². The Morgan fingerprint density at radius 2 is 2.05 bits per heavy atom. The molecule has 20 heavy (non-hydrogen) atoms. The van der Waals surface area contributed by atoms with Gasteiger partial charge in [0, 0.05) is 17.4 Å². The van der Waals surface area contributed by atoms with E-state index in [1.165, 1.54) is 0 Å². The van der Waals surface area contributed by atoms with Gasteiger partial charge in [-0.25, -0.2) is 0 Å². The molecule has 1 aromatic heterocycles. The summed E-state index contributed by atoms with van der Waals surface area (Å²) in [5, 5.41) is 10.0. The van der Waals surface area contributed by atoms with E-state index in [0.29, 0.717) is 17.9 Å². The number of aryl methyl sites for hydroxylation is 1. The van der Waals surface area contributed by atoms with E-state index < -0.39 is 11.9 Å². The molecule has 0 amide bonds. The quantitative estimate of drug-likeness (QED) is 0.916. The van der Waals surface area contributed by atoms with Crippen LogP contribution in [0.2, 0.25) is 5.02 Å². The van der Waals surface area contributed by atoms with Gasteiger partial charge in [0.15, 0.2) is 0 Å². The lowest BCUT2D eigenvalue weighted by molar-refractivity contribution is -0.141. The van der Waals surface area contributed by atoms with Gasteiger partial charge < -0.3 is 5.11 Å². The zero-order valence-corrected chi connectivity index (χ0v) is 12.0. The van der Waals surface area contributed by atoms with E-state index in [-0.39, 0.29) is 0 Å². The molecule has 1 heterocycles. The monoisotopic (exact) mass is 289 g/mol. The number of benzene rings is 1. The summed E-state index contributed by atoms with van der Waals surface area (Å²) in [6, 6.07) is 9.33. The molecule has 0 saturated heterocycles. The molecule has 1 N–H and O–H groups in total. The van der Waals surface area contributed by atoms with Crippen molar-refractivity contribution in [3.63, 3.8) is 0 Å². The van der Waals surface area contributed by atoms with Crippen molar-refractivity contribution in [1.82, 2.24) is 4.98 Å². The third-order valence-corrected chi connectivity index (χ3v) is 3.56. The van der Waals surface area contributed by atoms with Crippen molar-refractivity contribution < 1.29 is 9.90 Å². The smallest absolute Gasteiger partial charge is 0.307 e. The summed E-state index contributed by atoms with van der Waals surface area (Å²) in [7, 11) is 0. The predicted molar refractivity (Wildman–Crippen MR) is 79.0 cm³/mol. The minimum atomic E-state index is -0.813. The van der Waals surface area contributed by atoms with Crippen molar-refractivity contribution in [2.75, 3.05) is 0 Å². The van der Waals surface area contributed by atoms with Gasteiger partial charge in [-0.05, 0) is 42.5 Å². The van der Waals surface area contributed by atoms with Crippen LogP contribution in [0.15, 0.2) is 42.7 Å². The Hall–Kier alpha value is -1.87. The Morgan fingerprint density at radius 3 is 2.70 bits per heavy atom. The van der Waals surface area contributed by atoms with Gasteiger partial charge in [-0.3, -0.25) is 9.78 Å². The number of pyridine rings is 1. The van der Waals surface area contributed by atoms with E-state index in [0.717, 1.165) is 16.7 Å². The van der Waals surface area contributed by atoms with Crippen LogP contribution < -0.4 is 0 Å². The zero-order chi connectivity index (χ0) is 14.5. The molecule has 3 nitrogen and oxygen atoms in total. The summed E-state index contributed by atoms with van der Waals surface area (Å²) < 4.78 is 0. The Kier molecular flexibility index (Phi) is 4.74. The van der Waals surface area contributed by atoms with Crippen LogP contribution >= 0.6 is 11.6 Å². The molecule has 0 fully saturated rings. The molecule has 104 valence electrons. The number of halogens is 1. The molecule has 0 saturated carbocycles. The molecule has 4 heteroatoms. The fourth-order valence-electron chi connectivity index (χ4n) is 2.19. The maximum absolute atomic E-state index is 11.4. The molecule has 1 unspecified atom stereocenters. The molecule has 0 bridgehead atoms. The minimum absolute atomic E-state index is 0.420. The molecule has 0 radical (unpaired) electrons. The first kappa shape index (κ1) is 14.5. The first-order valence-electron chi connectivity index (χ1n) is 6.43. The Balaban J connectivity index is 2.16. The molecule has 0 spiro atoms. The summed E-state index contributed by atoms with van der Waals surface area (Å²) >= 11 is 6.10. The second-order valence-corrected chi connectivity index (χ2v) is 5.31. The molecule has 2 rings (SSSR count). The summed E-state index contributed by atoms with van der Waals surface area (Å²) in [4.78, 5) is 15.5. The maximum atomic E-state index is 11.4. The fourth-order valence-corrected chi connectivity index (χ4v) is 2.40. The summed E-state index contributed by atoms with van der Waals surface area (Å²) in [6.45, 7) is 1.94. The molecular weight excluding hydrogens is 274 g/mol. The molecule has 0 aliphatic rings. The average molecular weight is 290 g/mol. The number of aromatic nitrogens is 1. The van der Waals surface area contributed by atoms with Crippen LogP contribution in [0.4, 0.5) is 0 Å². The van der Waals surface area contributed by atoms with E-state index in [9.17, 15) is 9.90 Å². The van der Waals surface area contributed by atoms with Crippen molar-refractivity contribution >= 4 is 17.6 Å². The van der Waals surface area contributed by atoms with Crippen LogP contribution in [-0.4, -0.2) is 16.1 Å². The van der Waals surface area contributed by atoms with Crippen LogP contribution in [0, 0.1) is 12.8 Å². The Bertz CT molecular complexity index is 613. The Labute approximate surface area is 123 Å². The summed E-state index contributed by atoms with van der Waals surface area (Å²) in [6.07, 6.45) is 4.35. The predicted octanol–water partition coefficient (Wildman–Crippen LogP) is 3.53. The van der Waals surface area contributed by atoms with Crippen molar-refractivity contribution in [3.05, 3.63) is 64.4 Å². The summed E-state index contributed by atoms with van der Waals surface area (Å²) in [5.41, 5.74) is 2.83. The Morgan fingerprint density at radius 1 is 1.30 bits per heavy atom. The van der Waals surface area contributed by atoms with Gasteiger partial charge in [0.25, 0.3) is 0 Å². The number of aliphatic carboxylic acids is 1. The first-order valence-corrected chi connectivity index (χ1v) is 6.81. The number of carbonyl (C=O) groups is 1. The molecule has 1 aromatic carbocycles. The number of carboxylic acids is 1. The van der Waals surface area contributed by atoms with Crippen LogP contribution in [0.3, 0.4) is 0 Å². The third kappa shape index (κ3) is 3.81. The molecule has 2 aromatic rings. The number of rotatable bonds is 5. The lowest BCUT2D eigenvalue weighted by atomic mass is 9.93. The SMILES string of the molecule is Cc1cncc(CC(Cc2ccccc2Cl)C(=O)O)c1. The van der Waals surface area contributed by atoms with Gasteiger partial charge in [-0.15, -0.1) is 0 Å². The first-order chi connectivity index (χ1) is 9.56. The van der Waals surface area contributed by atoms with Gasteiger partial charge in [-0.1, -0.05) is 35.9 Å². The van der Waals surface area contributed by atoms with Gasteiger partial charge in [0.1, 0.15) is 0 Å². The number of hydrogen-bond acceptors (Lipinski definition) is 2. The highest BCUT2D eigenvalue weighted by Gasteiger charge is 2.20. The van der Waals surface area contributed by atoms with Gasteiger partial charge in [0.05, 0.1) is 5.92 Å². The highest BCUT2D eigenvalue weighted by molar-refractivity contribution is 6.31. The second kappa shape index (κ2) is 6.53. The van der Waals surface area contributed by atoms with Crippen LogP contribution in [0.5, 0.6) is 0 Å². The maximum Gasteiger partial charge on any atom is 0.307 e. The topological polar surface area (TPSA) is 50.2 Å². The van der Waals surface area contributed by atoms with E-state index in [4.69, 9.17) is 11.6 Å². The highest BCUT2D eigenvalue weighted by atomic mass is 35.5.